The third-order valence-corrected chi connectivity index (χ3v) is 4.37. The lowest BCUT2D eigenvalue weighted by Gasteiger charge is -2.16. The number of carbonyl (C=O) groups is 2. The molecule has 0 spiro atoms. The van der Waals surface area contributed by atoms with Crippen LogP contribution in [0.15, 0.2) is 28.9 Å². The molecule has 2 aliphatic heterocycles. The van der Waals surface area contributed by atoms with E-state index in [1.807, 2.05) is 18.2 Å². The number of carbonyl (C=O) groups excluding carboxylic acids is 2. The second-order valence-corrected chi connectivity index (χ2v) is 6.12. The molecule has 2 amide bonds. The van der Waals surface area contributed by atoms with E-state index in [1.54, 1.807) is 11.1 Å². The fourth-order valence-electron chi connectivity index (χ4n) is 3.15. The van der Waals surface area contributed by atoms with Crippen molar-refractivity contribution < 1.29 is 18.8 Å². The van der Waals surface area contributed by atoms with Gasteiger partial charge in [0, 0.05) is 42.4 Å². The SMILES string of the molecule is CC(=O)NC[C@H]1CN(c2ccc3c(c2)NCCc2oncc2-3)C(=O)O1. The zero-order valence-corrected chi connectivity index (χ0v) is 13.7. The number of amides is 2. The summed E-state index contributed by atoms with van der Waals surface area (Å²) in [6, 6.07) is 5.76. The van der Waals surface area contributed by atoms with Gasteiger partial charge in [0.05, 0.1) is 19.3 Å². The lowest BCUT2D eigenvalue weighted by Crippen LogP contribution is -2.33. The maximum atomic E-state index is 12.2. The molecule has 0 bridgehead atoms. The van der Waals surface area contributed by atoms with Crippen LogP contribution in [-0.4, -0.2) is 42.9 Å². The topological polar surface area (TPSA) is 96.7 Å². The largest absolute Gasteiger partial charge is 0.442 e. The van der Waals surface area contributed by atoms with Gasteiger partial charge in [-0.1, -0.05) is 11.2 Å². The van der Waals surface area contributed by atoms with Gasteiger partial charge in [-0.2, -0.15) is 0 Å². The molecular formula is C17H18N4O4. The molecule has 0 saturated carbocycles. The third-order valence-electron chi connectivity index (χ3n) is 4.37. The summed E-state index contributed by atoms with van der Waals surface area (Å²) < 4.78 is 10.6. The molecule has 2 aromatic rings. The van der Waals surface area contributed by atoms with E-state index in [0.717, 1.165) is 41.2 Å². The molecule has 0 aliphatic carbocycles. The molecule has 130 valence electrons. The predicted molar refractivity (Wildman–Crippen MR) is 90.4 cm³/mol. The average molecular weight is 342 g/mol. The maximum absolute atomic E-state index is 12.2. The summed E-state index contributed by atoms with van der Waals surface area (Å²) in [5.41, 5.74) is 3.65. The van der Waals surface area contributed by atoms with Gasteiger partial charge in [-0.3, -0.25) is 9.69 Å². The Morgan fingerprint density at radius 3 is 3.16 bits per heavy atom. The Labute approximate surface area is 144 Å². The molecular weight excluding hydrogens is 324 g/mol. The van der Waals surface area contributed by atoms with Gasteiger partial charge in [-0.25, -0.2) is 4.79 Å². The van der Waals surface area contributed by atoms with Gasteiger partial charge in [0.2, 0.25) is 5.91 Å². The normalized spacial score (nSPS) is 18.7. The number of nitrogens with zero attached hydrogens (tertiary/aromatic N) is 2. The van der Waals surface area contributed by atoms with E-state index < -0.39 is 6.09 Å². The van der Waals surface area contributed by atoms with E-state index in [4.69, 9.17) is 9.26 Å². The second-order valence-electron chi connectivity index (χ2n) is 6.12. The van der Waals surface area contributed by atoms with Gasteiger partial charge < -0.3 is 19.9 Å². The first-order chi connectivity index (χ1) is 12.1. The van der Waals surface area contributed by atoms with Crippen molar-refractivity contribution in [3.63, 3.8) is 0 Å². The Bertz CT molecular complexity index is 832. The van der Waals surface area contributed by atoms with Crippen LogP contribution in [0.3, 0.4) is 0 Å². The summed E-state index contributed by atoms with van der Waals surface area (Å²) in [4.78, 5) is 24.8. The Balaban J connectivity index is 1.58. The first-order valence-corrected chi connectivity index (χ1v) is 8.16. The molecule has 3 heterocycles. The van der Waals surface area contributed by atoms with Crippen molar-refractivity contribution in [1.82, 2.24) is 10.5 Å². The number of benzene rings is 1. The van der Waals surface area contributed by atoms with Crippen molar-refractivity contribution in [2.24, 2.45) is 0 Å². The fourth-order valence-corrected chi connectivity index (χ4v) is 3.15. The molecule has 4 rings (SSSR count). The minimum absolute atomic E-state index is 0.145. The van der Waals surface area contributed by atoms with Crippen molar-refractivity contribution in [1.29, 1.82) is 0 Å². The first kappa shape index (κ1) is 15.5. The lowest BCUT2D eigenvalue weighted by atomic mass is 10.0. The Hall–Kier alpha value is -3.03. The number of aromatic nitrogens is 1. The fraction of sp³-hybridized carbons (Fsp3) is 0.353. The summed E-state index contributed by atoms with van der Waals surface area (Å²) in [6.07, 6.45) is 1.71. The highest BCUT2D eigenvalue weighted by atomic mass is 16.6. The van der Waals surface area contributed by atoms with Crippen LogP contribution in [0.25, 0.3) is 11.1 Å². The molecule has 1 aromatic heterocycles. The van der Waals surface area contributed by atoms with Gasteiger partial charge in [-0.05, 0) is 12.1 Å². The molecule has 0 radical (unpaired) electrons. The number of fused-ring (bicyclic) bond motifs is 3. The molecule has 0 unspecified atom stereocenters. The molecule has 2 aliphatic rings. The highest BCUT2D eigenvalue weighted by Gasteiger charge is 2.33. The van der Waals surface area contributed by atoms with Crippen molar-refractivity contribution in [2.75, 3.05) is 29.9 Å². The lowest BCUT2D eigenvalue weighted by molar-refractivity contribution is -0.119. The zero-order chi connectivity index (χ0) is 17.4. The van der Waals surface area contributed by atoms with Crippen molar-refractivity contribution in [3.8, 4) is 11.1 Å². The standard InChI is InChI=1S/C17H18N4O4/c1-10(22)19-7-12-9-21(17(23)24-12)11-2-3-13-14-8-20-25-16(14)4-5-18-15(13)6-11/h2-3,6,8,12,18H,4-5,7,9H2,1H3,(H,19,22)/t12-/m0/s1. The zero-order valence-electron chi connectivity index (χ0n) is 13.7. The second kappa shape index (κ2) is 6.12. The van der Waals surface area contributed by atoms with Gasteiger partial charge in [0.1, 0.15) is 11.9 Å². The van der Waals surface area contributed by atoms with Gasteiger partial charge in [0.25, 0.3) is 0 Å². The van der Waals surface area contributed by atoms with E-state index in [-0.39, 0.29) is 12.0 Å². The number of ether oxygens (including phenoxy) is 1. The van der Waals surface area contributed by atoms with Gasteiger partial charge in [-0.15, -0.1) is 0 Å². The Kier molecular flexibility index (Phi) is 3.79. The number of hydrogen-bond acceptors (Lipinski definition) is 6. The summed E-state index contributed by atoms with van der Waals surface area (Å²) in [5.74, 6) is 0.711. The summed E-state index contributed by atoms with van der Waals surface area (Å²) in [7, 11) is 0. The van der Waals surface area contributed by atoms with Crippen LogP contribution in [-0.2, 0) is 16.0 Å². The van der Waals surface area contributed by atoms with Crippen molar-refractivity contribution in [2.45, 2.75) is 19.4 Å². The van der Waals surface area contributed by atoms with Crippen LogP contribution < -0.4 is 15.5 Å². The van der Waals surface area contributed by atoms with Crippen LogP contribution in [0.2, 0.25) is 0 Å². The van der Waals surface area contributed by atoms with E-state index in [1.165, 1.54) is 6.92 Å². The van der Waals surface area contributed by atoms with Crippen LogP contribution in [0.5, 0.6) is 0 Å². The molecule has 1 aromatic carbocycles. The molecule has 1 atom stereocenters. The number of cyclic esters (lactones) is 1. The number of anilines is 2. The molecule has 1 saturated heterocycles. The smallest absolute Gasteiger partial charge is 0.414 e. The molecule has 2 N–H and O–H groups in total. The maximum Gasteiger partial charge on any atom is 0.414 e. The molecule has 1 fully saturated rings. The van der Waals surface area contributed by atoms with Gasteiger partial charge >= 0.3 is 6.09 Å². The van der Waals surface area contributed by atoms with E-state index in [2.05, 4.69) is 15.8 Å². The number of hydrogen-bond donors (Lipinski definition) is 2. The van der Waals surface area contributed by atoms with Crippen LogP contribution in [0, 0.1) is 0 Å². The summed E-state index contributed by atoms with van der Waals surface area (Å²) >= 11 is 0. The monoisotopic (exact) mass is 342 g/mol. The third kappa shape index (κ3) is 2.90. The summed E-state index contributed by atoms with van der Waals surface area (Å²) in [6.45, 7) is 2.88. The highest BCUT2D eigenvalue weighted by Crippen LogP contribution is 2.36. The minimum Gasteiger partial charge on any atom is -0.442 e. The quantitative estimate of drug-likeness (QED) is 0.882. The van der Waals surface area contributed by atoms with Gasteiger partial charge in [0.15, 0.2) is 0 Å². The van der Waals surface area contributed by atoms with E-state index in [0.29, 0.717) is 13.1 Å². The Morgan fingerprint density at radius 1 is 1.44 bits per heavy atom. The number of nitrogens with one attached hydrogen (secondary N) is 2. The molecule has 25 heavy (non-hydrogen) atoms. The molecule has 8 heteroatoms. The first-order valence-electron chi connectivity index (χ1n) is 8.16. The summed E-state index contributed by atoms with van der Waals surface area (Å²) in [5, 5.41) is 9.92. The van der Waals surface area contributed by atoms with E-state index in [9.17, 15) is 9.59 Å². The van der Waals surface area contributed by atoms with E-state index >= 15 is 0 Å². The average Bonchev–Trinajstić information content (AvgIpc) is 3.15. The van der Waals surface area contributed by atoms with Crippen LogP contribution in [0.1, 0.15) is 12.7 Å². The van der Waals surface area contributed by atoms with Crippen molar-refractivity contribution in [3.05, 3.63) is 30.2 Å². The minimum atomic E-state index is -0.408. The molecule has 8 nitrogen and oxygen atoms in total. The predicted octanol–water partition coefficient (Wildman–Crippen LogP) is 1.77. The highest BCUT2D eigenvalue weighted by molar-refractivity contribution is 5.92. The number of rotatable bonds is 3. The van der Waals surface area contributed by atoms with Crippen LogP contribution >= 0.6 is 0 Å². The Morgan fingerprint density at radius 2 is 2.32 bits per heavy atom. The van der Waals surface area contributed by atoms with Crippen molar-refractivity contribution >= 4 is 23.4 Å². The van der Waals surface area contributed by atoms with Crippen LogP contribution in [0.4, 0.5) is 16.2 Å².